The first-order valence-corrected chi connectivity index (χ1v) is 6.78. The highest BCUT2D eigenvalue weighted by Crippen LogP contribution is 2.23. The summed E-state index contributed by atoms with van der Waals surface area (Å²) in [6, 6.07) is 10.3. The first kappa shape index (κ1) is 12.7. The Morgan fingerprint density at radius 3 is 2.40 bits per heavy atom. The average molecular weight is 271 g/mol. The average Bonchev–Trinajstić information content (AvgIpc) is 3.01. The molecule has 0 aliphatic carbocycles. The van der Waals surface area contributed by atoms with E-state index in [1.54, 1.807) is 0 Å². The Hall–Kier alpha value is -2.37. The normalized spacial score (nSPS) is 16.1. The highest BCUT2D eigenvalue weighted by atomic mass is 16.2. The van der Waals surface area contributed by atoms with Crippen LogP contribution in [0.5, 0.6) is 0 Å². The minimum Gasteiger partial charge on any atom is -0.371 e. The van der Waals surface area contributed by atoms with Gasteiger partial charge in [0.15, 0.2) is 0 Å². The van der Waals surface area contributed by atoms with Crippen LogP contribution in [0.2, 0.25) is 0 Å². The number of hydrogen-bond donors (Lipinski definition) is 1. The number of nitrogens with zero attached hydrogens (tertiary/aromatic N) is 4. The summed E-state index contributed by atoms with van der Waals surface area (Å²) in [6.45, 7) is 1.81. The molecule has 0 radical (unpaired) electrons. The van der Waals surface area contributed by atoms with Gasteiger partial charge in [0.05, 0.1) is 0 Å². The van der Waals surface area contributed by atoms with Gasteiger partial charge in [0.1, 0.15) is 12.7 Å². The SMILES string of the molecule is O=C(Nn1cnnc1)C1CCN(c2ccccc2)CC1. The van der Waals surface area contributed by atoms with Gasteiger partial charge in [-0.05, 0) is 25.0 Å². The van der Waals surface area contributed by atoms with Crippen LogP contribution in [0.3, 0.4) is 0 Å². The maximum Gasteiger partial charge on any atom is 0.242 e. The maximum atomic E-state index is 12.1. The summed E-state index contributed by atoms with van der Waals surface area (Å²) in [4.78, 5) is 14.4. The molecule has 6 heteroatoms. The van der Waals surface area contributed by atoms with Gasteiger partial charge < -0.3 is 4.90 Å². The topological polar surface area (TPSA) is 63.1 Å². The molecule has 0 saturated carbocycles. The van der Waals surface area contributed by atoms with Crippen LogP contribution in [0.4, 0.5) is 5.69 Å². The standard InChI is InChI=1S/C14H17N5O/c20-14(17-19-10-15-16-11-19)12-6-8-18(9-7-12)13-4-2-1-3-5-13/h1-5,10-12H,6-9H2,(H,17,20). The van der Waals surface area contributed by atoms with Crippen LogP contribution in [0, 0.1) is 5.92 Å². The highest BCUT2D eigenvalue weighted by molar-refractivity contribution is 5.86. The lowest BCUT2D eigenvalue weighted by Crippen LogP contribution is -2.39. The van der Waals surface area contributed by atoms with E-state index in [4.69, 9.17) is 0 Å². The lowest BCUT2D eigenvalue weighted by atomic mass is 9.96. The van der Waals surface area contributed by atoms with E-state index in [-0.39, 0.29) is 11.8 Å². The minimum atomic E-state index is 0.0394. The third-order valence-electron chi connectivity index (χ3n) is 3.65. The van der Waals surface area contributed by atoms with Crippen LogP contribution in [0.25, 0.3) is 0 Å². The van der Waals surface area contributed by atoms with Gasteiger partial charge >= 0.3 is 0 Å². The van der Waals surface area contributed by atoms with E-state index in [9.17, 15) is 4.79 Å². The van der Waals surface area contributed by atoms with Gasteiger partial charge in [0, 0.05) is 24.7 Å². The molecule has 104 valence electrons. The molecular formula is C14H17N5O. The zero-order valence-electron chi connectivity index (χ0n) is 11.1. The Kier molecular flexibility index (Phi) is 3.62. The molecule has 1 aliphatic rings. The molecule has 0 atom stereocenters. The molecule has 3 rings (SSSR count). The van der Waals surface area contributed by atoms with Crippen molar-refractivity contribution in [2.45, 2.75) is 12.8 Å². The predicted molar refractivity (Wildman–Crippen MR) is 75.8 cm³/mol. The first-order chi connectivity index (χ1) is 9.83. The molecule has 0 unspecified atom stereocenters. The lowest BCUT2D eigenvalue weighted by molar-refractivity contribution is -0.121. The molecule has 2 aromatic rings. The van der Waals surface area contributed by atoms with E-state index in [0.29, 0.717) is 0 Å². The second-order valence-corrected chi connectivity index (χ2v) is 4.94. The third kappa shape index (κ3) is 2.79. The molecule has 1 aromatic carbocycles. The number of aromatic nitrogens is 3. The Morgan fingerprint density at radius 1 is 1.10 bits per heavy atom. The van der Waals surface area contributed by atoms with Crippen molar-refractivity contribution in [3.05, 3.63) is 43.0 Å². The van der Waals surface area contributed by atoms with Gasteiger partial charge in [0.25, 0.3) is 0 Å². The molecule has 1 aromatic heterocycles. The third-order valence-corrected chi connectivity index (χ3v) is 3.65. The van der Waals surface area contributed by atoms with E-state index in [2.05, 4.69) is 32.7 Å². The summed E-state index contributed by atoms with van der Waals surface area (Å²) >= 11 is 0. The van der Waals surface area contributed by atoms with Gasteiger partial charge in [-0.3, -0.25) is 10.2 Å². The number of nitrogens with one attached hydrogen (secondary N) is 1. The van der Waals surface area contributed by atoms with Crippen LogP contribution in [-0.4, -0.2) is 33.9 Å². The fourth-order valence-corrected chi connectivity index (χ4v) is 2.52. The Bertz CT molecular complexity index is 546. The van der Waals surface area contributed by atoms with Gasteiger partial charge in [-0.1, -0.05) is 18.2 Å². The van der Waals surface area contributed by atoms with Crippen LogP contribution < -0.4 is 10.3 Å². The number of para-hydroxylation sites is 1. The molecule has 1 saturated heterocycles. The smallest absolute Gasteiger partial charge is 0.242 e. The molecule has 1 N–H and O–H groups in total. The van der Waals surface area contributed by atoms with Crippen LogP contribution in [-0.2, 0) is 4.79 Å². The van der Waals surface area contributed by atoms with Gasteiger partial charge in [-0.15, -0.1) is 10.2 Å². The van der Waals surface area contributed by atoms with Crippen molar-refractivity contribution in [1.29, 1.82) is 0 Å². The zero-order chi connectivity index (χ0) is 13.8. The Labute approximate surface area is 117 Å². The lowest BCUT2D eigenvalue weighted by Gasteiger charge is -2.32. The molecule has 0 bridgehead atoms. The fraction of sp³-hybridized carbons (Fsp3) is 0.357. The van der Waals surface area contributed by atoms with Crippen LogP contribution in [0.1, 0.15) is 12.8 Å². The molecule has 1 aliphatic heterocycles. The Balaban J connectivity index is 1.54. The second-order valence-electron chi connectivity index (χ2n) is 4.94. The van der Waals surface area contributed by atoms with Crippen molar-refractivity contribution < 1.29 is 4.79 Å². The van der Waals surface area contributed by atoms with Crippen molar-refractivity contribution in [3.63, 3.8) is 0 Å². The Morgan fingerprint density at radius 2 is 1.75 bits per heavy atom. The van der Waals surface area contributed by atoms with E-state index in [0.717, 1.165) is 25.9 Å². The molecule has 2 heterocycles. The summed E-state index contributed by atoms with van der Waals surface area (Å²) in [6.07, 6.45) is 4.69. The summed E-state index contributed by atoms with van der Waals surface area (Å²) in [7, 11) is 0. The number of carbonyl (C=O) groups excluding carboxylic acids is 1. The summed E-state index contributed by atoms with van der Waals surface area (Å²) in [5.74, 6) is 0.0925. The molecule has 20 heavy (non-hydrogen) atoms. The number of anilines is 1. The summed E-state index contributed by atoms with van der Waals surface area (Å²) in [5, 5.41) is 7.32. The summed E-state index contributed by atoms with van der Waals surface area (Å²) < 4.78 is 1.49. The van der Waals surface area contributed by atoms with Crippen molar-refractivity contribution in [3.8, 4) is 0 Å². The number of hydrogen-bond acceptors (Lipinski definition) is 4. The number of piperidine rings is 1. The van der Waals surface area contributed by atoms with E-state index < -0.39 is 0 Å². The largest absolute Gasteiger partial charge is 0.371 e. The summed E-state index contributed by atoms with van der Waals surface area (Å²) in [5.41, 5.74) is 4.01. The fourth-order valence-electron chi connectivity index (χ4n) is 2.52. The van der Waals surface area contributed by atoms with Crippen molar-refractivity contribution in [2.75, 3.05) is 23.4 Å². The number of carbonyl (C=O) groups is 1. The van der Waals surface area contributed by atoms with Crippen LogP contribution >= 0.6 is 0 Å². The quantitative estimate of drug-likeness (QED) is 0.913. The van der Waals surface area contributed by atoms with Crippen molar-refractivity contribution in [2.24, 2.45) is 5.92 Å². The molecule has 6 nitrogen and oxygen atoms in total. The van der Waals surface area contributed by atoms with E-state index >= 15 is 0 Å². The first-order valence-electron chi connectivity index (χ1n) is 6.78. The zero-order valence-corrected chi connectivity index (χ0v) is 11.1. The number of amides is 1. The number of benzene rings is 1. The molecule has 1 fully saturated rings. The highest BCUT2D eigenvalue weighted by Gasteiger charge is 2.25. The van der Waals surface area contributed by atoms with Crippen LogP contribution in [0.15, 0.2) is 43.0 Å². The van der Waals surface area contributed by atoms with Gasteiger partial charge in [0.2, 0.25) is 5.91 Å². The monoisotopic (exact) mass is 271 g/mol. The van der Waals surface area contributed by atoms with Gasteiger partial charge in [-0.25, -0.2) is 4.68 Å². The van der Waals surface area contributed by atoms with Crippen molar-refractivity contribution in [1.82, 2.24) is 14.9 Å². The number of rotatable bonds is 3. The van der Waals surface area contributed by atoms with E-state index in [1.165, 1.54) is 23.0 Å². The molecule has 1 amide bonds. The second kappa shape index (κ2) is 5.73. The predicted octanol–water partition coefficient (Wildman–Crippen LogP) is 1.26. The molecule has 0 spiro atoms. The van der Waals surface area contributed by atoms with Gasteiger partial charge in [-0.2, -0.15) is 0 Å². The maximum absolute atomic E-state index is 12.1. The minimum absolute atomic E-state index is 0.0394. The van der Waals surface area contributed by atoms with Crippen molar-refractivity contribution >= 4 is 11.6 Å². The molecular weight excluding hydrogens is 254 g/mol. The van der Waals surface area contributed by atoms with E-state index in [1.807, 2.05) is 18.2 Å².